The summed E-state index contributed by atoms with van der Waals surface area (Å²) < 4.78 is 11.8. The van der Waals surface area contributed by atoms with Gasteiger partial charge < -0.3 is 20.3 Å². The van der Waals surface area contributed by atoms with Gasteiger partial charge in [0.2, 0.25) is 0 Å². The van der Waals surface area contributed by atoms with Gasteiger partial charge in [-0.05, 0) is 52.9 Å². The Bertz CT molecular complexity index is 488. The molecular weight excluding hydrogens is 314 g/mol. The molecule has 1 fully saturated rings. The summed E-state index contributed by atoms with van der Waals surface area (Å²) in [6.45, 7) is 0. The molecule has 0 radical (unpaired) electrons. The summed E-state index contributed by atoms with van der Waals surface area (Å²) in [4.78, 5) is 10.8. The van der Waals surface area contributed by atoms with Crippen LogP contribution in [0.25, 0.3) is 0 Å². The van der Waals surface area contributed by atoms with E-state index < -0.39 is 12.0 Å². The van der Waals surface area contributed by atoms with Gasteiger partial charge in [-0.3, -0.25) is 4.79 Å². The largest absolute Gasteiger partial charge is 0.493 e. The first-order valence-electron chi connectivity index (χ1n) is 6.02. The first kappa shape index (κ1) is 14.1. The molecule has 2 rings (SSSR count). The van der Waals surface area contributed by atoms with Gasteiger partial charge >= 0.3 is 5.97 Å². The van der Waals surface area contributed by atoms with Crippen LogP contribution in [0, 0.1) is 0 Å². The number of benzene rings is 1. The Balaban J connectivity index is 2.21. The molecule has 1 aliphatic rings. The highest BCUT2D eigenvalue weighted by molar-refractivity contribution is 9.10. The van der Waals surface area contributed by atoms with Crippen molar-refractivity contribution in [1.29, 1.82) is 0 Å². The molecule has 1 atom stereocenters. The van der Waals surface area contributed by atoms with Gasteiger partial charge in [0.25, 0.3) is 0 Å². The maximum Gasteiger partial charge on any atom is 0.320 e. The van der Waals surface area contributed by atoms with Gasteiger partial charge in [-0.25, -0.2) is 0 Å². The van der Waals surface area contributed by atoms with E-state index >= 15 is 0 Å². The summed E-state index contributed by atoms with van der Waals surface area (Å²) in [6, 6.07) is 2.67. The van der Waals surface area contributed by atoms with Crippen LogP contribution in [0.3, 0.4) is 0 Å². The zero-order valence-corrected chi connectivity index (χ0v) is 12.1. The smallest absolute Gasteiger partial charge is 0.320 e. The van der Waals surface area contributed by atoms with Crippen LogP contribution in [0.1, 0.15) is 18.4 Å². The molecule has 19 heavy (non-hydrogen) atoms. The quantitative estimate of drug-likeness (QED) is 0.833. The summed E-state index contributed by atoms with van der Waals surface area (Å²) in [5, 5.41) is 8.83. The van der Waals surface area contributed by atoms with Gasteiger partial charge in [0.15, 0.2) is 11.5 Å². The van der Waals surface area contributed by atoms with Crippen molar-refractivity contribution in [1.82, 2.24) is 0 Å². The van der Waals surface area contributed by atoms with Crippen molar-refractivity contribution < 1.29 is 19.4 Å². The van der Waals surface area contributed by atoms with Crippen molar-refractivity contribution >= 4 is 21.9 Å². The lowest BCUT2D eigenvalue weighted by Crippen LogP contribution is -2.32. The summed E-state index contributed by atoms with van der Waals surface area (Å²) in [6.07, 6.45) is 2.62. The van der Waals surface area contributed by atoms with Crippen molar-refractivity contribution in [3.63, 3.8) is 0 Å². The van der Waals surface area contributed by atoms with Crippen molar-refractivity contribution in [3.8, 4) is 11.5 Å². The van der Waals surface area contributed by atoms with E-state index in [-0.39, 0.29) is 12.5 Å². The maximum atomic E-state index is 10.8. The topological polar surface area (TPSA) is 81.8 Å². The molecule has 5 nitrogen and oxygen atoms in total. The Hall–Kier alpha value is -1.27. The van der Waals surface area contributed by atoms with Crippen molar-refractivity contribution in [3.05, 3.63) is 22.2 Å². The summed E-state index contributed by atoms with van der Waals surface area (Å²) in [5.74, 6) is 0.236. The van der Waals surface area contributed by atoms with Gasteiger partial charge in [0.05, 0.1) is 17.7 Å². The van der Waals surface area contributed by atoms with Crippen molar-refractivity contribution in [2.24, 2.45) is 5.73 Å². The van der Waals surface area contributed by atoms with Crippen LogP contribution in [0.4, 0.5) is 0 Å². The highest BCUT2D eigenvalue weighted by Gasteiger charge is 2.26. The van der Waals surface area contributed by atoms with E-state index in [1.54, 1.807) is 13.2 Å². The monoisotopic (exact) mass is 329 g/mol. The molecule has 1 aliphatic carbocycles. The van der Waals surface area contributed by atoms with E-state index in [1.165, 1.54) is 0 Å². The molecule has 0 saturated heterocycles. The molecule has 1 unspecified atom stereocenters. The molecule has 104 valence electrons. The van der Waals surface area contributed by atoms with Crippen molar-refractivity contribution in [2.75, 3.05) is 7.11 Å². The molecule has 1 saturated carbocycles. The number of carbonyl (C=O) groups is 1. The van der Waals surface area contributed by atoms with Crippen molar-refractivity contribution in [2.45, 2.75) is 31.4 Å². The highest BCUT2D eigenvalue weighted by atomic mass is 79.9. The van der Waals surface area contributed by atoms with E-state index in [2.05, 4.69) is 15.9 Å². The van der Waals surface area contributed by atoms with Gasteiger partial charge in [-0.1, -0.05) is 0 Å². The molecule has 1 aromatic carbocycles. The fourth-order valence-corrected chi connectivity index (χ4v) is 2.28. The third kappa shape index (κ3) is 3.61. The van der Waals surface area contributed by atoms with Gasteiger partial charge in [0, 0.05) is 0 Å². The lowest BCUT2D eigenvalue weighted by atomic mass is 10.1. The van der Waals surface area contributed by atoms with E-state index in [9.17, 15) is 4.79 Å². The fourth-order valence-electron chi connectivity index (χ4n) is 1.70. The maximum absolute atomic E-state index is 10.8. The molecule has 0 aromatic heterocycles. The van der Waals surface area contributed by atoms with E-state index in [4.69, 9.17) is 20.3 Å². The lowest BCUT2D eigenvalue weighted by molar-refractivity contribution is -0.138. The lowest BCUT2D eigenvalue weighted by Gasteiger charge is -2.15. The summed E-state index contributed by atoms with van der Waals surface area (Å²) in [5.41, 5.74) is 6.33. The molecule has 3 N–H and O–H groups in total. The molecule has 0 aliphatic heterocycles. The minimum absolute atomic E-state index is 0.244. The molecule has 1 aromatic rings. The number of halogens is 1. The van der Waals surface area contributed by atoms with Crippen LogP contribution in [0.15, 0.2) is 16.6 Å². The Labute approximate surface area is 119 Å². The number of rotatable bonds is 6. The van der Waals surface area contributed by atoms with E-state index in [0.717, 1.165) is 22.9 Å². The average Bonchev–Trinajstić information content (AvgIpc) is 3.15. The van der Waals surface area contributed by atoms with Crippen LogP contribution in [-0.4, -0.2) is 30.3 Å². The molecule has 0 amide bonds. The zero-order valence-electron chi connectivity index (χ0n) is 10.6. The number of carboxylic acids is 1. The highest BCUT2D eigenvalue weighted by Crippen LogP contribution is 2.40. The van der Waals surface area contributed by atoms with Crippen LogP contribution in [0.2, 0.25) is 0 Å². The number of aliphatic carboxylic acids is 1. The molecule has 0 spiro atoms. The zero-order chi connectivity index (χ0) is 14.0. The second kappa shape index (κ2) is 5.79. The van der Waals surface area contributed by atoms with Gasteiger partial charge in [0.1, 0.15) is 6.04 Å². The molecule has 6 heteroatoms. The average molecular weight is 330 g/mol. The number of hydrogen-bond acceptors (Lipinski definition) is 4. The first-order chi connectivity index (χ1) is 9.01. The number of carboxylic acid groups (broad SMARTS) is 1. The Morgan fingerprint density at radius 3 is 2.79 bits per heavy atom. The first-order valence-corrected chi connectivity index (χ1v) is 6.82. The predicted octanol–water partition coefficient (Wildman–Crippen LogP) is 1.95. The number of methoxy groups -OCH3 is 1. The minimum atomic E-state index is -1.02. The summed E-state index contributed by atoms with van der Waals surface area (Å²) >= 11 is 3.43. The van der Waals surface area contributed by atoms with Crippen LogP contribution in [-0.2, 0) is 11.2 Å². The second-order valence-electron chi connectivity index (χ2n) is 4.58. The van der Waals surface area contributed by atoms with E-state index in [0.29, 0.717) is 11.5 Å². The number of ether oxygens (including phenoxy) is 2. The Morgan fingerprint density at radius 2 is 2.26 bits per heavy atom. The normalized spacial score (nSPS) is 15.9. The predicted molar refractivity (Wildman–Crippen MR) is 73.7 cm³/mol. The fraction of sp³-hybridized carbons (Fsp3) is 0.462. The van der Waals surface area contributed by atoms with Gasteiger partial charge in [-0.15, -0.1) is 0 Å². The minimum Gasteiger partial charge on any atom is -0.493 e. The van der Waals surface area contributed by atoms with Crippen LogP contribution < -0.4 is 15.2 Å². The Kier molecular flexibility index (Phi) is 4.31. The van der Waals surface area contributed by atoms with E-state index in [1.807, 2.05) is 6.07 Å². The Morgan fingerprint density at radius 1 is 1.58 bits per heavy atom. The van der Waals surface area contributed by atoms with Gasteiger partial charge in [-0.2, -0.15) is 0 Å². The summed E-state index contributed by atoms with van der Waals surface area (Å²) in [7, 11) is 1.56. The third-order valence-corrected chi connectivity index (χ3v) is 3.46. The van der Waals surface area contributed by atoms with Crippen LogP contribution >= 0.6 is 15.9 Å². The van der Waals surface area contributed by atoms with Crippen LogP contribution in [0.5, 0.6) is 11.5 Å². The molecular formula is C13H16BrNO4. The molecule has 0 bridgehead atoms. The number of nitrogens with two attached hydrogens (primary N) is 1. The third-order valence-electron chi connectivity index (χ3n) is 2.87. The molecule has 0 heterocycles. The number of hydrogen-bond donors (Lipinski definition) is 2. The standard InChI is InChI=1S/C13H16BrNO4/c1-18-11-6-7(5-10(15)13(16)17)4-9(14)12(11)19-8-2-3-8/h4,6,8,10H,2-3,5,15H2,1H3,(H,16,17). The SMILES string of the molecule is COc1cc(CC(N)C(=O)O)cc(Br)c1OC1CC1. The second-order valence-corrected chi connectivity index (χ2v) is 5.43.